The maximum Gasteiger partial charge on any atom is 0.316 e. The monoisotopic (exact) mass is 264 g/mol. The molecule has 0 spiro atoms. The third-order valence-electron chi connectivity index (χ3n) is 3.00. The molecule has 2 rings (SSSR count). The van der Waals surface area contributed by atoms with E-state index < -0.39 is 11.9 Å². The second-order valence-electron chi connectivity index (χ2n) is 4.17. The number of rotatable bonds is 3. The molecule has 0 N–H and O–H groups in total. The average Bonchev–Trinajstić information content (AvgIpc) is 2.58. The van der Waals surface area contributed by atoms with Gasteiger partial charge in [0, 0.05) is 6.42 Å². The van der Waals surface area contributed by atoms with Gasteiger partial charge in [0.15, 0.2) is 5.78 Å². The van der Waals surface area contributed by atoms with Crippen LogP contribution in [-0.4, -0.2) is 32.1 Å². The smallest absolute Gasteiger partial charge is 0.316 e. The number of ether oxygens (including phenoxy) is 3. The topological polar surface area (TPSA) is 61.8 Å². The second-order valence-corrected chi connectivity index (χ2v) is 4.17. The average molecular weight is 264 g/mol. The zero-order valence-corrected chi connectivity index (χ0v) is 11.0. The Hall–Kier alpha value is -2.04. The van der Waals surface area contributed by atoms with Crippen molar-refractivity contribution in [2.24, 2.45) is 5.92 Å². The Bertz CT molecular complexity index is 495. The molecule has 0 bridgehead atoms. The Morgan fingerprint density at radius 1 is 1.47 bits per heavy atom. The molecule has 102 valence electrons. The highest BCUT2D eigenvalue weighted by molar-refractivity contribution is 6.10. The summed E-state index contributed by atoms with van der Waals surface area (Å²) in [4.78, 5) is 24.2. The van der Waals surface area contributed by atoms with E-state index in [0.717, 1.165) is 0 Å². The largest absolute Gasteiger partial charge is 0.497 e. The van der Waals surface area contributed by atoms with Gasteiger partial charge in [-0.05, 0) is 25.1 Å². The van der Waals surface area contributed by atoms with Crippen molar-refractivity contribution < 1.29 is 23.8 Å². The van der Waals surface area contributed by atoms with E-state index in [4.69, 9.17) is 14.2 Å². The molecule has 0 amide bonds. The van der Waals surface area contributed by atoms with Crippen molar-refractivity contribution in [2.75, 3.05) is 20.3 Å². The first-order valence-corrected chi connectivity index (χ1v) is 6.19. The lowest BCUT2D eigenvalue weighted by atomic mass is 9.95. The molecule has 1 aliphatic rings. The molecule has 1 atom stereocenters. The van der Waals surface area contributed by atoms with Crippen LogP contribution in [-0.2, 0) is 9.53 Å². The quantitative estimate of drug-likeness (QED) is 0.615. The van der Waals surface area contributed by atoms with E-state index >= 15 is 0 Å². The van der Waals surface area contributed by atoms with Crippen molar-refractivity contribution >= 4 is 11.8 Å². The lowest BCUT2D eigenvalue weighted by Gasteiger charge is -2.11. The summed E-state index contributed by atoms with van der Waals surface area (Å²) in [6.07, 6.45) is 0.328. The van der Waals surface area contributed by atoms with E-state index in [-0.39, 0.29) is 12.4 Å². The van der Waals surface area contributed by atoms with Crippen molar-refractivity contribution in [1.82, 2.24) is 0 Å². The molecule has 1 heterocycles. The number of hydrogen-bond acceptors (Lipinski definition) is 5. The summed E-state index contributed by atoms with van der Waals surface area (Å²) in [7, 11) is 1.52. The number of methoxy groups -OCH3 is 1. The highest BCUT2D eigenvalue weighted by Gasteiger charge is 2.33. The van der Waals surface area contributed by atoms with Crippen LogP contribution >= 0.6 is 0 Å². The Morgan fingerprint density at radius 3 is 2.95 bits per heavy atom. The van der Waals surface area contributed by atoms with Crippen LogP contribution in [0.3, 0.4) is 0 Å². The minimum Gasteiger partial charge on any atom is -0.497 e. The van der Waals surface area contributed by atoms with Crippen LogP contribution in [0.25, 0.3) is 0 Å². The molecule has 0 saturated heterocycles. The van der Waals surface area contributed by atoms with Crippen LogP contribution in [0, 0.1) is 5.92 Å². The minimum absolute atomic E-state index is 0.258. The van der Waals surface area contributed by atoms with Crippen LogP contribution in [0.1, 0.15) is 23.7 Å². The first kappa shape index (κ1) is 13.4. The molecule has 5 heteroatoms. The summed E-state index contributed by atoms with van der Waals surface area (Å²) in [5.74, 6) is -0.525. The fourth-order valence-electron chi connectivity index (χ4n) is 2.03. The van der Waals surface area contributed by atoms with Gasteiger partial charge in [-0.1, -0.05) is 0 Å². The molecule has 1 aliphatic heterocycles. The fraction of sp³-hybridized carbons (Fsp3) is 0.429. The van der Waals surface area contributed by atoms with E-state index in [9.17, 15) is 9.59 Å². The van der Waals surface area contributed by atoms with E-state index in [1.807, 2.05) is 0 Å². The van der Waals surface area contributed by atoms with Crippen molar-refractivity contribution in [3.63, 3.8) is 0 Å². The summed E-state index contributed by atoms with van der Waals surface area (Å²) in [6, 6.07) is 4.99. The van der Waals surface area contributed by atoms with Crippen molar-refractivity contribution in [1.29, 1.82) is 0 Å². The van der Waals surface area contributed by atoms with Crippen molar-refractivity contribution in [3.8, 4) is 11.5 Å². The summed E-state index contributed by atoms with van der Waals surface area (Å²) >= 11 is 0. The van der Waals surface area contributed by atoms with Crippen LogP contribution < -0.4 is 9.47 Å². The Balaban J connectivity index is 2.34. The van der Waals surface area contributed by atoms with Gasteiger partial charge in [0.25, 0.3) is 0 Å². The lowest BCUT2D eigenvalue weighted by Crippen LogP contribution is -2.26. The third kappa shape index (κ3) is 2.70. The van der Waals surface area contributed by atoms with Gasteiger partial charge in [-0.3, -0.25) is 9.59 Å². The predicted molar refractivity (Wildman–Crippen MR) is 67.6 cm³/mol. The SMILES string of the molecule is CCOC(=O)C1CCOc2ccc(OC)cc2C1=O. The molecule has 19 heavy (non-hydrogen) atoms. The molecule has 1 unspecified atom stereocenters. The number of hydrogen-bond donors (Lipinski definition) is 0. The Labute approximate surface area is 111 Å². The first-order valence-electron chi connectivity index (χ1n) is 6.19. The van der Waals surface area contributed by atoms with Gasteiger partial charge in [-0.25, -0.2) is 0 Å². The molecular formula is C14H16O5. The maximum atomic E-state index is 12.4. The van der Waals surface area contributed by atoms with Gasteiger partial charge < -0.3 is 14.2 Å². The summed E-state index contributed by atoms with van der Waals surface area (Å²) < 4.78 is 15.5. The molecule has 0 radical (unpaired) electrons. The predicted octanol–water partition coefficient (Wildman–Crippen LogP) is 1.84. The van der Waals surface area contributed by atoms with E-state index in [1.165, 1.54) is 7.11 Å². The molecule has 0 aromatic heterocycles. The number of benzene rings is 1. The van der Waals surface area contributed by atoms with E-state index in [1.54, 1.807) is 25.1 Å². The first-order chi connectivity index (χ1) is 9.17. The van der Waals surface area contributed by atoms with E-state index in [0.29, 0.717) is 30.1 Å². The summed E-state index contributed by atoms with van der Waals surface area (Å²) in [5.41, 5.74) is 0.370. The van der Waals surface area contributed by atoms with Crippen LogP contribution in [0.4, 0.5) is 0 Å². The zero-order chi connectivity index (χ0) is 13.8. The van der Waals surface area contributed by atoms with Crippen molar-refractivity contribution in [3.05, 3.63) is 23.8 Å². The molecule has 1 aromatic rings. The van der Waals surface area contributed by atoms with Gasteiger partial charge in [0.1, 0.15) is 17.4 Å². The van der Waals surface area contributed by atoms with Crippen molar-refractivity contribution in [2.45, 2.75) is 13.3 Å². The highest BCUT2D eigenvalue weighted by Crippen LogP contribution is 2.30. The number of esters is 1. The minimum atomic E-state index is -0.798. The van der Waals surface area contributed by atoms with Gasteiger partial charge in [-0.15, -0.1) is 0 Å². The standard InChI is InChI=1S/C14H16O5/c1-3-18-14(16)10-6-7-19-12-5-4-9(17-2)8-11(12)13(10)15/h4-5,8,10H,3,6-7H2,1-2H3. The van der Waals surface area contributed by atoms with Gasteiger partial charge in [-0.2, -0.15) is 0 Å². The second kappa shape index (κ2) is 5.73. The van der Waals surface area contributed by atoms with E-state index in [2.05, 4.69) is 0 Å². The van der Waals surface area contributed by atoms with Gasteiger partial charge in [0.2, 0.25) is 0 Å². The van der Waals surface area contributed by atoms with Gasteiger partial charge >= 0.3 is 5.97 Å². The fourth-order valence-corrected chi connectivity index (χ4v) is 2.03. The normalized spacial score (nSPS) is 18.0. The number of fused-ring (bicyclic) bond motifs is 1. The van der Waals surface area contributed by atoms with Crippen LogP contribution in [0.15, 0.2) is 18.2 Å². The number of carbonyl (C=O) groups excluding carboxylic acids is 2. The maximum absolute atomic E-state index is 12.4. The molecule has 1 aromatic carbocycles. The zero-order valence-electron chi connectivity index (χ0n) is 11.0. The Kier molecular flexibility index (Phi) is 4.04. The Morgan fingerprint density at radius 2 is 2.26 bits per heavy atom. The van der Waals surface area contributed by atoms with Crippen LogP contribution in [0.5, 0.6) is 11.5 Å². The molecule has 0 fully saturated rings. The third-order valence-corrected chi connectivity index (χ3v) is 3.00. The summed E-state index contributed by atoms with van der Waals surface area (Å²) in [6.45, 7) is 2.29. The number of carbonyl (C=O) groups is 2. The molecular weight excluding hydrogens is 248 g/mol. The number of Topliss-reactive ketones (excluding diaryl/α,β-unsaturated/α-hetero) is 1. The highest BCUT2D eigenvalue weighted by atomic mass is 16.5. The molecule has 5 nitrogen and oxygen atoms in total. The molecule has 0 saturated carbocycles. The number of ketones is 1. The molecule has 0 aliphatic carbocycles. The summed E-state index contributed by atoms with van der Waals surface area (Å²) in [5, 5.41) is 0. The van der Waals surface area contributed by atoms with Crippen LogP contribution in [0.2, 0.25) is 0 Å². The van der Waals surface area contributed by atoms with Gasteiger partial charge in [0.05, 0.1) is 25.9 Å². The lowest BCUT2D eigenvalue weighted by molar-refractivity contribution is -0.146.